The fourth-order valence-electron chi connectivity index (χ4n) is 0.0408. The smallest absolute Gasteiger partial charge is 0.291 e. The van der Waals surface area contributed by atoms with Crippen LogP contribution in [0, 0.1) is 20.2 Å². The van der Waals surface area contributed by atoms with Gasteiger partial charge in [0, 0.05) is 0 Å². The maximum atomic E-state index is 8.36. The number of aliphatic hydroxyl groups excluding tert-OH is 1. The molecule has 11 nitrogen and oxygen atoms in total. The van der Waals surface area contributed by atoms with Gasteiger partial charge in [0.25, 0.3) is 10.2 Å². The summed E-state index contributed by atoms with van der Waals surface area (Å²) in [5, 5.41) is 42.5. The Morgan fingerprint density at radius 3 is 1.38 bits per heavy atom. The highest BCUT2D eigenvalue weighted by molar-refractivity contribution is 4.09. The van der Waals surface area contributed by atoms with Crippen molar-refractivity contribution >= 4 is 0 Å². The van der Waals surface area contributed by atoms with Gasteiger partial charge < -0.3 is 15.5 Å². The minimum absolute atomic E-state index is 0. The molecule has 0 radical (unpaired) electrons. The quantitative estimate of drug-likeness (QED) is 0.243. The highest BCUT2D eigenvalue weighted by Crippen LogP contribution is 1.55. The lowest BCUT2D eigenvalue weighted by atomic mass is 10.8. The Balaban J connectivity index is -0.000000117. The number of hydrogen-bond donors (Lipinski definition) is 4. The zero-order chi connectivity index (χ0) is 11.3. The van der Waals surface area contributed by atoms with E-state index in [1.165, 1.54) is 0 Å². The van der Waals surface area contributed by atoms with Gasteiger partial charge in [0.2, 0.25) is 0 Å². The molecule has 13 heavy (non-hydrogen) atoms. The lowest BCUT2D eigenvalue weighted by Gasteiger charge is -1.81. The van der Waals surface area contributed by atoms with Gasteiger partial charge in [-0.15, -0.1) is 20.2 Å². The van der Waals surface area contributed by atoms with Crippen molar-refractivity contribution in [3.8, 4) is 0 Å². The van der Waals surface area contributed by atoms with Gasteiger partial charge in [0.15, 0.2) is 0 Å². The van der Waals surface area contributed by atoms with E-state index in [0.29, 0.717) is 0 Å². The summed E-state index contributed by atoms with van der Waals surface area (Å²) in [6, 6.07) is 0. The van der Waals surface area contributed by atoms with E-state index in [1.54, 1.807) is 0 Å². The third-order valence-electron chi connectivity index (χ3n) is 0.183. The Kier molecular flexibility index (Phi) is 22.3. The van der Waals surface area contributed by atoms with Gasteiger partial charge in [-0.3, -0.25) is 5.26 Å². The molecule has 0 saturated heterocycles. The van der Waals surface area contributed by atoms with Gasteiger partial charge >= 0.3 is 0 Å². The van der Waals surface area contributed by atoms with E-state index in [1.807, 2.05) is 0 Å². The Hall–Kier alpha value is -1.72. The summed E-state index contributed by atoms with van der Waals surface area (Å²) in [5.74, 6) is 0. The summed E-state index contributed by atoms with van der Waals surface area (Å²) < 4.78 is 0. The van der Waals surface area contributed by atoms with Crippen LogP contribution in [0.25, 0.3) is 0 Å². The second-order valence-electron chi connectivity index (χ2n) is 1.03. The minimum atomic E-state index is -1.50. The first-order valence-electron chi connectivity index (χ1n) is 2.42. The van der Waals surface area contributed by atoms with Gasteiger partial charge in [-0.25, -0.2) is 4.89 Å². The number of aliphatic hydroxyl groups is 1. The molecule has 80 valence electrons. The van der Waals surface area contributed by atoms with Gasteiger partial charge in [0.05, 0.1) is 6.61 Å². The highest BCUT2D eigenvalue weighted by Gasteiger charge is 1.69. The molecule has 4 N–H and O–H groups in total. The molecule has 0 aliphatic heterocycles. The van der Waals surface area contributed by atoms with Crippen molar-refractivity contribution in [3.05, 3.63) is 20.2 Å². The molecule has 0 aromatic rings. The molecule has 0 aromatic heterocycles. The first-order valence-corrected chi connectivity index (χ1v) is 2.42. The predicted octanol–water partition coefficient (Wildman–Crippen LogP) is -1.23. The minimum Gasteiger partial charge on any atom is -0.394 e. The SMILES string of the molecule is O=[N+]([O-])O.O=[N+]([O-])O.OCCOO. The van der Waals surface area contributed by atoms with E-state index in [2.05, 4.69) is 4.89 Å². The molecular formula is C2H8N2O9. The van der Waals surface area contributed by atoms with Crippen LogP contribution in [-0.2, 0) is 4.89 Å². The summed E-state index contributed by atoms with van der Waals surface area (Å²) in [4.78, 5) is 20.2. The summed E-state index contributed by atoms with van der Waals surface area (Å²) >= 11 is 0. The van der Waals surface area contributed by atoms with Crippen LogP contribution in [-0.4, -0.2) is 44.2 Å². The molecule has 0 heterocycles. The molecule has 0 bridgehead atoms. The van der Waals surface area contributed by atoms with Crippen LogP contribution in [0.3, 0.4) is 0 Å². The first-order chi connectivity index (χ1) is 5.88. The van der Waals surface area contributed by atoms with Crippen molar-refractivity contribution in [1.29, 1.82) is 0 Å². The predicted molar refractivity (Wildman–Crippen MR) is 33.2 cm³/mol. The van der Waals surface area contributed by atoms with E-state index < -0.39 is 10.2 Å². The number of hydrogen-bond acceptors (Lipinski definition) is 7. The second-order valence-corrected chi connectivity index (χ2v) is 1.03. The van der Waals surface area contributed by atoms with Crippen LogP contribution in [0.5, 0.6) is 0 Å². The molecule has 0 unspecified atom stereocenters. The standard InChI is InChI=1S/C2H6O3.2HNO3/c3-1-2-5-4;2*2-1(3)4/h3-4H,1-2H2;2*(H,2,3,4). The van der Waals surface area contributed by atoms with Crippen molar-refractivity contribution < 1.29 is 35.8 Å². The number of nitrogens with zero attached hydrogens (tertiary/aromatic N) is 2. The van der Waals surface area contributed by atoms with E-state index in [-0.39, 0.29) is 13.2 Å². The second kappa shape index (κ2) is 16.7. The van der Waals surface area contributed by atoms with Crippen LogP contribution in [0.1, 0.15) is 0 Å². The Morgan fingerprint density at radius 1 is 1.15 bits per heavy atom. The van der Waals surface area contributed by atoms with Gasteiger partial charge in [-0.2, -0.15) is 0 Å². The van der Waals surface area contributed by atoms with Crippen molar-refractivity contribution in [2.45, 2.75) is 0 Å². The molecule has 0 fully saturated rings. The first kappa shape index (κ1) is 17.4. The number of rotatable bonds is 2. The van der Waals surface area contributed by atoms with Crippen molar-refractivity contribution in [3.63, 3.8) is 0 Å². The fraction of sp³-hybridized carbons (Fsp3) is 1.00. The lowest BCUT2D eigenvalue weighted by molar-refractivity contribution is -0.742. The van der Waals surface area contributed by atoms with E-state index >= 15 is 0 Å². The molecule has 0 atom stereocenters. The molecule has 0 aromatic carbocycles. The molecule has 0 saturated carbocycles. The topological polar surface area (TPSA) is 176 Å². The average Bonchev–Trinajstić information content (AvgIpc) is 1.86. The Morgan fingerprint density at radius 2 is 1.38 bits per heavy atom. The maximum absolute atomic E-state index is 8.36. The maximum Gasteiger partial charge on any atom is 0.291 e. The lowest BCUT2D eigenvalue weighted by Crippen LogP contribution is -1.92. The molecule has 0 amide bonds. The molecule has 0 aliphatic carbocycles. The highest BCUT2D eigenvalue weighted by atomic mass is 17.1. The normalized spacial score (nSPS) is 6.92. The van der Waals surface area contributed by atoms with Crippen LogP contribution in [0.15, 0.2) is 0 Å². The van der Waals surface area contributed by atoms with Crippen LogP contribution >= 0.6 is 0 Å². The van der Waals surface area contributed by atoms with Crippen LogP contribution in [0.2, 0.25) is 0 Å². The average molecular weight is 204 g/mol. The van der Waals surface area contributed by atoms with Crippen molar-refractivity contribution in [2.24, 2.45) is 0 Å². The third-order valence-corrected chi connectivity index (χ3v) is 0.183. The molecular weight excluding hydrogens is 196 g/mol. The summed E-state index contributed by atoms with van der Waals surface area (Å²) in [7, 11) is 0. The van der Waals surface area contributed by atoms with Gasteiger partial charge in [-0.05, 0) is 0 Å². The van der Waals surface area contributed by atoms with E-state index in [4.69, 9.17) is 41.0 Å². The van der Waals surface area contributed by atoms with Crippen molar-refractivity contribution in [1.82, 2.24) is 0 Å². The third kappa shape index (κ3) is 8990. The van der Waals surface area contributed by atoms with Crippen LogP contribution < -0.4 is 0 Å². The molecule has 0 rings (SSSR count). The monoisotopic (exact) mass is 204 g/mol. The Labute approximate surface area is 70.5 Å². The summed E-state index contributed by atoms with van der Waals surface area (Å²) in [6.07, 6.45) is 0. The fourth-order valence-corrected chi connectivity index (χ4v) is 0.0408. The molecule has 11 heteroatoms. The molecule has 0 spiro atoms. The summed E-state index contributed by atoms with van der Waals surface area (Å²) in [5.41, 5.74) is 0. The zero-order valence-electron chi connectivity index (χ0n) is 6.14. The van der Waals surface area contributed by atoms with Crippen molar-refractivity contribution in [2.75, 3.05) is 13.2 Å². The van der Waals surface area contributed by atoms with Crippen LogP contribution in [0.4, 0.5) is 0 Å². The van der Waals surface area contributed by atoms with E-state index in [0.717, 1.165) is 0 Å². The summed E-state index contributed by atoms with van der Waals surface area (Å²) in [6.45, 7) is -0.128. The zero-order valence-corrected chi connectivity index (χ0v) is 6.14. The van der Waals surface area contributed by atoms with Gasteiger partial charge in [0.1, 0.15) is 6.61 Å². The largest absolute Gasteiger partial charge is 0.394 e. The molecule has 0 aliphatic rings. The Bertz CT molecular complexity index is 103. The van der Waals surface area contributed by atoms with Gasteiger partial charge in [-0.1, -0.05) is 0 Å². The van der Waals surface area contributed by atoms with E-state index in [9.17, 15) is 0 Å².